The number of nitrogens with zero attached hydrogens (tertiary/aromatic N) is 2. The Hall–Kier alpha value is -1.70. The maximum absolute atomic E-state index is 12.0. The van der Waals surface area contributed by atoms with E-state index in [1.165, 1.54) is 17.4 Å². The number of amides is 1. The maximum atomic E-state index is 12.0. The minimum Gasteiger partial charge on any atom is -0.298 e. The largest absolute Gasteiger partial charge is 0.298 e. The smallest absolute Gasteiger partial charge is 0.290 e. The van der Waals surface area contributed by atoms with E-state index in [0.29, 0.717) is 5.13 Å². The fourth-order valence-corrected chi connectivity index (χ4v) is 2.49. The predicted molar refractivity (Wildman–Crippen MR) is 77.9 cm³/mol. The zero-order valence-electron chi connectivity index (χ0n) is 10.0. The predicted octanol–water partition coefficient (Wildman–Crippen LogP) is 3.92. The van der Waals surface area contributed by atoms with Crippen molar-refractivity contribution in [3.63, 3.8) is 0 Å². The van der Waals surface area contributed by atoms with Crippen molar-refractivity contribution >= 4 is 51.3 Å². The number of carbonyl (C=O) groups excluding carboxylic acids is 1. The minimum atomic E-state index is -0.696. The minimum absolute atomic E-state index is 0.0407. The maximum Gasteiger partial charge on any atom is 0.290 e. The quantitative estimate of drug-likeness (QED) is 0.682. The third-order valence-corrected chi connectivity index (χ3v) is 3.97. The SMILES string of the molecule is Cc1csc(NC(=O)c2cc(Cl)c(Cl)c([N+](=O)[O-])c2)n1. The monoisotopic (exact) mass is 331 g/mol. The third kappa shape index (κ3) is 3.06. The van der Waals surface area contributed by atoms with Crippen LogP contribution in [0.25, 0.3) is 0 Å². The van der Waals surface area contributed by atoms with Gasteiger partial charge in [-0.2, -0.15) is 0 Å². The lowest BCUT2D eigenvalue weighted by atomic mass is 10.2. The number of anilines is 1. The molecule has 0 unspecified atom stereocenters. The van der Waals surface area contributed by atoms with E-state index < -0.39 is 16.5 Å². The number of benzene rings is 1. The van der Waals surface area contributed by atoms with Crippen molar-refractivity contribution in [2.45, 2.75) is 6.92 Å². The summed E-state index contributed by atoms with van der Waals surface area (Å²) in [6, 6.07) is 2.34. The molecule has 0 saturated carbocycles. The van der Waals surface area contributed by atoms with Crippen LogP contribution in [-0.2, 0) is 0 Å². The molecule has 1 aromatic heterocycles. The number of hydrogen-bond acceptors (Lipinski definition) is 5. The summed E-state index contributed by atoms with van der Waals surface area (Å²) in [5.41, 5.74) is 0.393. The molecule has 0 radical (unpaired) electrons. The second-order valence-electron chi connectivity index (χ2n) is 3.80. The van der Waals surface area contributed by atoms with Crippen LogP contribution in [0.2, 0.25) is 10.0 Å². The molecular formula is C11H7Cl2N3O3S. The summed E-state index contributed by atoms with van der Waals surface area (Å²) in [5.74, 6) is -0.541. The van der Waals surface area contributed by atoms with Crippen molar-refractivity contribution in [1.29, 1.82) is 0 Å². The molecule has 1 heterocycles. The van der Waals surface area contributed by atoms with Crippen molar-refractivity contribution in [1.82, 2.24) is 4.98 Å². The first-order chi connectivity index (χ1) is 9.38. The fraction of sp³-hybridized carbons (Fsp3) is 0.0909. The van der Waals surface area contributed by atoms with Gasteiger partial charge in [-0.1, -0.05) is 23.2 Å². The number of rotatable bonds is 3. The number of aromatic nitrogens is 1. The standard InChI is InChI=1S/C11H7Cl2N3O3S/c1-5-4-20-11(14-5)15-10(17)6-2-7(12)9(13)8(3-6)16(18)19/h2-4H,1H3,(H,14,15,17). The molecule has 104 valence electrons. The topological polar surface area (TPSA) is 85.1 Å². The first-order valence-electron chi connectivity index (χ1n) is 5.25. The molecular weight excluding hydrogens is 325 g/mol. The number of nitrogens with one attached hydrogen (secondary N) is 1. The van der Waals surface area contributed by atoms with Crippen LogP contribution in [0.1, 0.15) is 16.1 Å². The molecule has 0 bridgehead atoms. The molecule has 1 aromatic carbocycles. The number of aryl methyl sites for hydroxylation is 1. The summed E-state index contributed by atoms with van der Waals surface area (Å²) >= 11 is 12.8. The van der Waals surface area contributed by atoms with Crippen LogP contribution < -0.4 is 5.32 Å². The first kappa shape index (κ1) is 14.7. The highest BCUT2D eigenvalue weighted by Crippen LogP contribution is 2.33. The van der Waals surface area contributed by atoms with Gasteiger partial charge in [0.05, 0.1) is 15.6 Å². The van der Waals surface area contributed by atoms with Crippen LogP contribution in [-0.4, -0.2) is 15.8 Å². The van der Waals surface area contributed by atoms with Crippen LogP contribution >= 0.6 is 34.5 Å². The molecule has 0 atom stereocenters. The van der Waals surface area contributed by atoms with E-state index in [4.69, 9.17) is 23.2 Å². The van der Waals surface area contributed by atoms with Gasteiger partial charge in [0.25, 0.3) is 11.6 Å². The molecule has 1 amide bonds. The van der Waals surface area contributed by atoms with Crippen LogP contribution in [0.15, 0.2) is 17.5 Å². The molecule has 0 aliphatic heterocycles. The van der Waals surface area contributed by atoms with Crippen LogP contribution in [0.3, 0.4) is 0 Å². The Bertz CT molecular complexity index is 702. The summed E-state index contributed by atoms with van der Waals surface area (Å²) < 4.78 is 0. The van der Waals surface area contributed by atoms with Gasteiger partial charge < -0.3 is 0 Å². The van der Waals surface area contributed by atoms with E-state index in [-0.39, 0.29) is 15.6 Å². The number of halogens is 2. The Balaban J connectivity index is 2.32. The number of carbonyl (C=O) groups is 1. The van der Waals surface area contributed by atoms with Crippen molar-refractivity contribution in [2.75, 3.05) is 5.32 Å². The highest BCUT2D eigenvalue weighted by atomic mass is 35.5. The lowest BCUT2D eigenvalue weighted by molar-refractivity contribution is -0.384. The fourth-order valence-electron chi connectivity index (χ4n) is 1.42. The first-order valence-corrected chi connectivity index (χ1v) is 6.89. The third-order valence-electron chi connectivity index (χ3n) is 2.31. The molecule has 0 fully saturated rings. The zero-order valence-corrected chi connectivity index (χ0v) is 12.3. The van der Waals surface area contributed by atoms with Crippen molar-refractivity contribution in [3.8, 4) is 0 Å². The lowest BCUT2D eigenvalue weighted by Gasteiger charge is -2.04. The van der Waals surface area contributed by atoms with Crippen LogP contribution in [0.4, 0.5) is 10.8 Å². The number of nitro benzene ring substituents is 1. The molecule has 1 N–H and O–H groups in total. The number of nitro groups is 1. The molecule has 6 nitrogen and oxygen atoms in total. The van der Waals surface area contributed by atoms with Crippen molar-refractivity contribution < 1.29 is 9.72 Å². The molecule has 9 heteroatoms. The highest BCUT2D eigenvalue weighted by Gasteiger charge is 2.20. The second kappa shape index (κ2) is 5.74. The van der Waals surface area contributed by atoms with Gasteiger partial charge in [0, 0.05) is 17.0 Å². The van der Waals surface area contributed by atoms with Gasteiger partial charge in [0.15, 0.2) is 5.13 Å². The van der Waals surface area contributed by atoms with E-state index in [1.807, 2.05) is 0 Å². The Morgan fingerprint density at radius 1 is 1.45 bits per heavy atom. The molecule has 2 rings (SSSR count). The van der Waals surface area contributed by atoms with E-state index in [0.717, 1.165) is 11.8 Å². The summed E-state index contributed by atoms with van der Waals surface area (Å²) in [4.78, 5) is 26.2. The average molecular weight is 332 g/mol. The lowest BCUT2D eigenvalue weighted by Crippen LogP contribution is -2.12. The van der Waals surface area contributed by atoms with Gasteiger partial charge >= 0.3 is 0 Å². The normalized spacial score (nSPS) is 10.3. The molecule has 20 heavy (non-hydrogen) atoms. The molecule has 0 aliphatic carbocycles. The second-order valence-corrected chi connectivity index (χ2v) is 5.44. The summed E-state index contributed by atoms with van der Waals surface area (Å²) in [5, 5.41) is 15.3. The van der Waals surface area contributed by atoms with E-state index >= 15 is 0 Å². The van der Waals surface area contributed by atoms with Gasteiger partial charge in [-0.3, -0.25) is 20.2 Å². The Kier molecular flexibility index (Phi) is 4.22. The van der Waals surface area contributed by atoms with Crippen LogP contribution in [0, 0.1) is 17.0 Å². The molecule has 0 saturated heterocycles. The Labute approximate surface area is 127 Å². The van der Waals surface area contributed by atoms with Gasteiger partial charge in [0.1, 0.15) is 5.02 Å². The van der Waals surface area contributed by atoms with E-state index in [1.54, 1.807) is 12.3 Å². The summed E-state index contributed by atoms with van der Waals surface area (Å²) in [7, 11) is 0. The Morgan fingerprint density at radius 2 is 2.15 bits per heavy atom. The van der Waals surface area contributed by atoms with E-state index in [2.05, 4.69) is 10.3 Å². The summed E-state index contributed by atoms with van der Waals surface area (Å²) in [6.45, 7) is 1.79. The van der Waals surface area contributed by atoms with Gasteiger partial charge in [-0.05, 0) is 13.0 Å². The average Bonchev–Trinajstić information content (AvgIpc) is 2.77. The van der Waals surface area contributed by atoms with Crippen molar-refractivity contribution in [2.24, 2.45) is 0 Å². The zero-order chi connectivity index (χ0) is 14.9. The Morgan fingerprint density at radius 3 is 2.70 bits per heavy atom. The molecule has 0 aliphatic rings. The highest BCUT2D eigenvalue weighted by molar-refractivity contribution is 7.13. The molecule has 0 spiro atoms. The van der Waals surface area contributed by atoms with Crippen molar-refractivity contribution in [3.05, 3.63) is 48.9 Å². The van der Waals surface area contributed by atoms with Gasteiger partial charge in [-0.15, -0.1) is 11.3 Å². The number of hydrogen-bond donors (Lipinski definition) is 1. The molecule has 2 aromatic rings. The summed E-state index contributed by atoms with van der Waals surface area (Å²) in [6.07, 6.45) is 0. The van der Waals surface area contributed by atoms with E-state index in [9.17, 15) is 14.9 Å². The van der Waals surface area contributed by atoms with Gasteiger partial charge in [0.2, 0.25) is 0 Å². The number of thiazole rings is 1. The van der Waals surface area contributed by atoms with Gasteiger partial charge in [-0.25, -0.2) is 4.98 Å². The van der Waals surface area contributed by atoms with Crippen LogP contribution in [0.5, 0.6) is 0 Å².